The van der Waals surface area contributed by atoms with Gasteiger partial charge in [-0.05, 0) is 111 Å². The minimum absolute atomic E-state index is 0.0797. The van der Waals surface area contributed by atoms with E-state index in [1.165, 1.54) is 45.6 Å². The molecule has 0 spiro atoms. The highest BCUT2D eigenvalue weighted by molar-refractivity contribution is 7.47. The smallest absolute Gasteiger partial charge is 0.469 e. The highest BCUT2D eigenvalue weighted by atomic mass is 31.2. The van der Waals surface area contributed by atoms with Crippen LogP contribution >= 0.6 is 7.82 Å². The minimum atomic E-state index is -4.06. The van der Waals surface area contributed by atoms with E-state index in [9.17, 15) is 14.3 Å². The second kappa shape index (κ2) is 12.0. The number of carbonyl (C=O) groups excluding carboxylic acids is 1. The highest BCUT2D eigenvalue weighted by Crippen LogP contribution is 2.68. The van der Waals surface area contributed by atoms with Crippen LogP contribution in [0.2, 0.25) is 0 Å². The Bertz CT molecular complexity index is 1020. The van der Waals surface area contributed by atoms with E-state index in [2.05, 4.69) is 25.7 Å². The average molecular weight is 610 g/mol. The van der Waals surface area contributed by atoms with Gasteiger partial charge in [-0.3, -0.25) is 18.7 Å². The van der Waals surface area contributed by atoms with Gasteiger partial charge in [-0.1, -0.05) is 20.8 Å². The van der Waals surface area contributed by atoms with Gasteiger partial charge in [-0.25, -0.2) is 4.57 Å². The first-order chi connectivity index (χ1) is 20.0. The SMILES string of the molecule is COC(=O)CC[C@@H](C)[C@H]1CC[C@H]2[C@@H]3CC[C@@H]4C[C@H](OP(=O)(O)OCC[N+]56CCN(CC5)CC6)CC[C@]4(C)[C@H]3CC[C@]12C. The highest BCUT2D eigenvalue weighted by Gasteiger charge is 2.61. The van der Waals surface area contributed by atoms with Crippen LogP contribution in [0.3, 0.4) is 0 Å². The predicted octanol–water partition coefficient (Wildman–Crippen LogP) is 5.88. The van der Waals surface area contributed by atoms with Crippen LogP contribution < -0.4 is 0 Å². The van der Waals surface area contributed by atoms with Gasteiger partial charge in [0.25, 0.3) is 0 Å². The van der Waals surface area contributed by atoms with E-state index in [1.807, 2.05) is 0 Å². The van der Waals surface area contributed by atoms with E-state index in [0.29, 0.717) is 41.6 Å². The topological polar surface area (TPSA) is 85.3 Å². The minimum Gasteiger partial charge on any atom is -0.469 e. The lowest BCUT2D eigenvalue weighted by atomic mass is 9.44. The number of nitrogens with zero attached hydrogens (tertiary/aromatic N) is 2. The number of hydrogen-bond donors (Lipinski definition) is 1. The molecule has 240 valence electrons. The maximum atomic E-state index is 13.0. The van der Waals surface area contributed by atoms with E-state index in [0.717, 1.165) is 93.7 Å². The van der Waals surface area contributed by atoms with Crippen molar-refractivity contribution in [3.63, 3.8) is 0 Å². The van der Waals surface area contributed by atoms with Crippen molar-refractivity contribution in [2.24, 2.45) is 46.3 Å². The molecule has 3 saturated heterocycles. The molecule has 0 amide bonds. The largest absolute Gasteiger partial charge is 0.472 e. The van der Waals surface area contributed by atoms with E-state index in [1.54, 1.807) is 0 Å². The van der Waals surface area contributed by atoms with Gasteiger partial charge in [0, 0.05) is 26.1 Å². The number of quaternary nitrogens is 1. The molecule has 0 aromatic carbocycles. The quantitative estimate of drug-likeness (QED) is 0.188. The van der Waals surface area contributed by atoms with Crippen LogP contribution in [0.15, 0.2) is 0 Å². The molecule has 1 unspecified atom stereocenters. The van der Waals surface area contributed by atoms with Gasteiger partial charge >= 0.3 is 13.8 Å². The van der Waals surface area contributed by atoms with Crippen molar-refractivity contribution >= 4 is 13.8 Å². The molecule has 1 N–H and O–H groups in total. The van der Waals surface area contributed by atoms with Crippen LogP contribution in [0, 0.1) is 46.3 Å². The Hall–Kier alpha value is -0.500. The Morgan fingerprint density at radius 2 is 1.69 bits per heavy atom. The molecule has 10 atom stereocenters. The Kier molecular flexibility index (Phi) is 9.01. The Balaban J connectivity index is 1.02. The summed E-state index contributed by atoms with van der Waals surface area (Å²) in [4.78, 5) is 25.0. The van der Waals surface area contributed by atoms with Gasteiger partial charge in [-0.15, -0.1) is 0 Å². The molecule has 0 aromatic heterocycles. The van der Waals surface area contributed by atoms with Crippen LogP contribution in [0.25, 0.3) is 0 Å². The lowest BCUT2D eigenvalue weighted by Crippen LogP contribution is -2.67. The monoisotopic (exact) mass is 609 g/mol. The molecular weight excluding hydrogens is 551 g/mol. The molecule has 3 heterocycles. The Morgan fingerprint density at radius 1 is 1.00 bits per heavy atom. The normalized spacial score (nSPS) is 46.6. The van der Waals surface area contributed by atoms with E-state index < -0.39 is 7.82 Å². The van der Waals surface area contributed by atoms with Crippen LogP contribution in [-0.4, -0.2) is 85.9 Å². The fraction of sp³-hybridized carbons (Fsp3) is 0.970. The van der Waals surface area contributed by atoms with E-state index in [-0.39, 0.29) is 12.1 Å². The fourth-order valence-electron chi connectivity index (χ4n) is 11.6. The standard InChI is InChI=1S/C33H57N2O6P/c1-24(5-10-31(36)39-4)28-8-9-29-27-7-6-25-23-26(11-13-32(25,2)30(27)12-14-33(28,29)3)41-42(37,38)40-22-21-35-18-15-34(16-19-35)17-20-35/h24-30H,5-23H2,1-4H3/p+1/t24-,25-,26-,27+,28-,29+,30+,32+,33-/m1/s1. The van der Waals surface area contributed by atoms with Crippen molar-refractivity contribution < 1.29 is 32.5 Å². The van der Waals surface area contributed by atoms with Gasteiger partial charge in [0.1, 0.15) is 13.2 Å². The molecule has 3 aliphatic heterocycles. The third-order valence-corrected chi connectivity index (χ3v) is 15.3. The second-order valence-corrected chi connectivity index (χ2v) is 17.3. The molecule has 4 saturated carbocycles. The summed E-state index contributed by atoms with van der Waals surface area (Å²) >= 11 is 0. The third kappa shape index (κ3) is 5.91. The third-order valence-electron chi connectivity index (χ3n) is 14.2. The number of phosphoric ester groups is 1. The average Bonchev–Trinajstić information content (AvgIpc) is 3.34. The maximum Gasteiger partial charge on any atom is 0.472 e. The fourth-order valence-corrected chi connectivity index (χ4v) is 12.5. The molecule has 4 aliphatic carbocycles. The Labute approximate surface area is 254 Å². The number of carbonyl (C=O) groups is 1. The predicted molar refractivity (Wildman–Crippen MR) is 162 cm³/mol. The number of fused-ring (bicyclic) bond motifs is 8. The van der Waals surface area contributed by atoms with Crippen LogP contribution in [0.5, 0.6) is 0 Å². The lowest BCUT2D eigenvalue weighted by Gasteiger charge is -2.61. The lowest BCUT2D eigenvalue weighted by molar-refractivity contribution is -0.940. The molecular formula is C33H58N2O6P+. The number of ether oxygens (including phenoxy) is 1. The summed E-state index contributed by atoms with van der Waals surface area (Å²) in [5.41, 5.74) is 0.680. The number of piperazine rings is 3. The molecule has 42 heavy (non-hydrogen) atoms. The molecule has 8 nitrogen and oxygen atoms in total. The van der Waals surface area contributed by atoms with Crippen molar-refractivity contribution in [2.45, 2.75) is 97.5 Å². The maximum absolute atomic E-state index is 13.0. The number of phosphoric acid groups is 1. The zero-order valence-corrected chi connectivity index (χ0v) is 27.7. The summed E-state index contributed by atoms with van der Waals surface area (Å²) in [5, 5.41) is 0. The van der Waals surface area contributed by atoms with Gasteiger partial charge in [0.2, 0.25) is 0 Å². The van der Waals surface area contributed by atoms with Crippen molar-refractivity contribution in [3.05, 3.63) is 0 Å². The van der Waals surface area contributed by atoms with E-state index >= 15 is 0 Å². The van der Waals surface area contributed by atoms with Crippen molar-refractivity contribution in [1.29, 1.82) is 0 Å². The van der Waals surface area contributed by atoms with Crippen molar-refractivity contribution in [2.75, 3.05) is 59.5 Å². The molecule has 7 fully saturated rings. The van der Waals surface area contributed by atoms with Crippen molar-refractivity contribution in [3.8, 4) is 0 Å². The van der Waals surface area contributed by atoms with E-state index in [4.69, 9.17) is 13.8 Å². The first kappa shape index (κ1) is 31.5. The van der Waals surface area contributed by atoms with Crippen molar-refractivity contribution in [1.82, 2.24) is 4.90 Å². The molecule has 0 radical (unpaired) electrons. The molecule has 2 bridgehead atoms. The first-order valence-corrected chi connectivity index (χ1v) is 18.8. The summed E-state index contributed by atoms with van der Waals surface area (Å²) < 4.78 is 30.4. The van der Waals surface area contributed by atoms with Gasteiger partial charge < -0.3 is 14.1 Å². The van der Waals surface area contributed by atoms with Gasteiger partial charge in [-0.2, -0.15) is 0 Å². The summed E-state index contributed by atoms with van der Waals surface area (Å²) in [5.74, 6) is 4.05. The number of rotatable bonds is 10. The molecule has 7 aliphatic rings. The summed E-state index contributed by atoms with van der Waals surface area (Å²) in [7, 11) is -2.56. The zero-order chi connectivity index (χ0) is 29.8. The second-order valence-electron chi connectivity index (χ2n) is 15.9. The van der Waals surface area contributed by atoms with Gasteiger partial charge in [0.05, 0.1) is 32.8 Å². The van der Waals surface area contributed by atoms with Crippen LogP contribution in [0.1, 0.15) is 91.4 Å². The van der Waals surface area contributed by atoms with Crippen LogP contribution in [0.4, 0.5) is 0 Å². The number of esters is 1. The molecule has 7 rings (SSSR count). The molecule has 9 heteroatoms. The summed E-state index contributed by atoms with van der Waals surface area (Å²) in [6, 6.07) is 0. The Morgan fingerprint density at radius 3 is 2.40 bits per heavy atom. The zero-order valence-electron chi connectivity index (χ0n) is 26.8. The number of hydrogen-bond acceptors (Lipinski definition) is 6. The van der Waals surface area contributed by atoms with Gasteiger partial charge in [0.15, 0.2) is 0 Å². The summed E-state index contributed by atoms with van der Waals surface area (Å²) in [6.07, 6.45) is 11.8. The first-order valence-electron chi connectivity index (χ1n) is 17.3. The summed E-state index contributed by atoms with van der Waals surface area (Å²) in [6.45, 7) is 15.4. The molecule has 0 aromatic rings. The van der Waals surface area contributed by atoms with Crippen LogP contribution in [-0.2, 0) is 23.1 Å². The number of methoxy groups -OCH3 is 1.